The van der Waals surface area contributed by atoms with E-state index in [-0.39, 0.29) is 19.6 Å². The lowest BCUT2D eigenvalue weighted by Crippen LogP contribution is -2.45. The summed E-state index contributed by atoms with van der Waals surface area (Å²) in [5.74, 6) is 1.90. The molecule has 1 unspecified atom stereocenters. The molecule has 7 heteroatoms. The summed E-state index contributed by atoms with van der Waals surface area (Å²) in [5, 5.41) is 12.2. The van der Waals surface area contributed by atoms with E-state index in [9.17, 15) is 14.7 Å². The van der Waals surface area contributed by atoms with E-state index < -0.39 is 24.1 Å². The Morgan fingerprint density at radius 3 is 2.83 bits per heavy atom. The summed E-state index contributed by atoms with van der Waals surface area (Å²) in [6.45, 7) is 1.13. The number of aliphatic hydroxyl groups excluding tert-OH is 1. The summed E-state index contributed by atoms with van der Waals surface area (Å²) in [6, 6.07) is 5.53. The van der Waals surface area contributed by atoms with Gasteiger partial charge in [-0.25, -0.2) is 4.79 Å². The first-order chi connectivity index (χ1) is 11.5. The van der Waals surface area contributed by atoms with E-state index in [0.29, 0.717) is 13.0 Å². The summed E-state index contributed by atoms with van der Waals surface area (Å²) < 4.78 is 9.58. The van der Waals surface area contributed by atoms with Crippen LogP contribution in [0.25, 0.3) is 0 Å². The van der Waals surface area contributed by atoms with Crippen LogP contribution in [0.3, 0.4) is 0 Å². The number of terminal acetylenes is 1. The highest BCUT2D eigenvalue weighted by molar-refractivity contribution is 5.82. The average Bonchev–Trinajstić information content (AvgIpc) is 2.60. The summed E-state index contributed by atoms with van der Waals surface area (Å²) in [5.41, 5.74) is -0.410. The van der Waals surface area contributed by atoms with Crippen LogP contribution in [0.15, 0.2) is 24.4 Å². The lowest BCUT2D eigenvalue weighted by atomic mass is 9.92. The van der Waals surface area contributed by atoms with Gasteiger partial charge in [-0.2, -0.15) is 0 Å². The van der Waals surface area contributed by atoms with Gasteiger partial charge >= 0.3 is 6.16 Å². The van der Waals surface area contributed by atoms with E-state index in [4.69, 9.17) is 15.9 Å². The number of aromatic nitrogens is 1. The van der Waals surface area contributed by atoms with Gasteiger partial charge < -0.3 is 19.9 Å². The molecule has 0 radical (unpaired) electrons. The van der Waals surface area contributed by atoms with Gasteiger partial charge in [-0.3, -0.25) is 9.78 Å². The third-order valence-corrected chi connectivity index (χ3v) is 3.26. The van der Waals surface area contributed by atoms with E-state index >= 15 is 0 Å². The van der Waals surface area contributed by atoms with Crippen LogP contribution in [0, 0.1) is 17.8 Å². The molecule has 2 N–H and O–H groups in total. The van der Waals surface area contributed by atoms with Crippen molar-refractivity contribution < 1.29 is 24.2 Å². The van der Waals surface area contributed by atoms with Gasteiger partial charge in [0.05, 0.1) is 6.61 Å². The van der Waals surface area contributed by atoms with Crippen molar-refractivity contribution in [2.75, 3.05) is 26.4 Å². The molecular weight excluding hydrogens is 312 g/mol. The molecule has 7 nitrogen and oxygen atoms in total. The molecule has 0 saturated heterocycles. The molecule has 130 valence electrons. The summed E-state index contributed by atoms with van der Waals surface area (Å²) in [6.07, 6.45) is 6.62. The summed E-state index contributed by atoms with van der Waals surface area (Å²) in [4.78, 5) is 27.7. The molecule has 0 aliphatic carbocycles. The van der Waals surface area contributed by atoms with Gasteiger partial charge in [-0.05, 0) is 19.1 Å². The number of carbonyl (C=O) groups is 2. The van der Waals surface area contributed by atoms with Crippen molar-refractivity contribution in [1.29, 1.82) is 0 Å². The number of hydrogen-bond acceptors (Lipinski definition) is 6. The molecule has 0 aliphatic heterocycles. The first kappa shape index (κ1) is 19.5. The topological polar surface area (TPSA) is 97.8 Å². The second kappa shape index (κ2) is 10.2. The smallest absolute Gasteiger partial charge is 0.433 e. The van der Waals surface area contributed by atoms with E-state index in [1.54, 1.807) is 6.20 Å². The van der Waals surface area contributed by atoms with Gasteiger partial charge in [0, 0.05) is 31.3 Å². The minimum absolute atomic E-state index is 0.0431. The molecule has 0 bridgehead atoms. The Labute approximate surface area is 141 Å². The number of ether oxygens (including phenoxy) is 2. The number of rotatable bonds is 9. The molecule has 0 saturated carbocycles. The van der Waals surface area contributed by atoms with Crippen LogP contribution < -0.4 is 5.32 Å². The van der Waals surface area contributed by atoms with Crippen LogP contribution in [-0.4, -0.2) is 48.5 Å². The van der Waals surface area contributed by atoms with Crippen LogP contribution >= 0.6 is 0 Å². The van der Waals surface area contributed by atoms with Gasteiger partial charge in [0.15, 0.2) is 0 Å². The third-order valence-electron chi connectivity index (χ3n) is 3.26. The van der Waals surface area contributed by atoms with Crippen molar-refractivity contribution >= 4 is 12.1 Å². The summed E-state index contributed by atoms with van der Waals surface area (Å²) >= 11 is 0. The number of nitrogens with zero attached hydrogens (tertiary/aromatic N) is 1. The number of nitrogens with one attached hydrogen (secondary N) is 1. The molecule has 1 rings (SSSR count). The lowest BCUT2D eigenvalue weighted by Gasteiger charge is -2.25. The number of hydrogen-bond donors (Lipinski definition) is 2. The third kappa shape index (κ3) is 6.67. The first-order valence-electron chi connectivity index (χ1n) is 7.54. The minimum atomic E-state index is -1.25. The van der Waals surface area contributed by atoms with Gasteiger partial charge in [-0.15, -0.1) is 12.3 Å². The van der Waals surface area contributed by atoms with Crippen LogP contribution in [0.2, 0.25) is 0 Å². The van der Waals surface area contributed by atoms with Crippen LogP contribution in [0.5, 0.6) is 0 Å². The molecule has 0 spiro atoms. The molecule has 1 aromatic heterocycles. The monoisotopic (exact) mass is 334 g/mol. The zero-order chi connectivity index (χ0) is 17.8. The Hall–Kier alpha value is -2.59. The Morgan fingerprint density at radius 2 is 2.21 bits per heavy atom. The van der Waals surface area contributed by atoms with Gasteiger partial charge in [-0.1, -0.05) is 6.07 Å². The van der Waals surface area contributed by atoms with E-state index in [0.717, 1.165) is 5.69 Å². The zero-order valence-electron chi connectivity index (χ0n) is 13.7. The van der Waals surface area contributed by atoms with Crippen LogP contribution in [0.1, 0.15) is 19.0 Å². The van der Waals surface area contributed by atoms with E-state index in [2.05, 4.69) is 16.2 Å². The van der Waals surface area contributed by atoms with Crippen molar-refractivity contribution in [2.45, 2.75) is 19.8 Å². The van der Waals surface area contributed by atoms with Crippen LogP contribution in [-0.2, 0) is 20.7 Å². The van der Waals surface area contributed by atoms with E-state index in [1.807, 2.05) is 18.2 Å². The second-order valence-electron chi connectivity index (χ2n) is 5.39. The SMILES string of the molecule is C#CCCOC(=O)OCC(C)(CO)C(=O)NCCc1ccccn1. The van der Waals surface area contributed by atoms with Crippen molar-refractivity contribution in [1.82, 2.24) is 10.3 Å². The Kier molecular flexibility index (Phi) is 8.30. The largest absolute Gasteiger partial charge is 0.508 e. The molecule has 1 heterocycles. The fraction of sp³-hybridized carbons (Fsp3) is 0.471. The number of amides is 1. The second-order valence-corrected chi connectivity index (χ2v) is 5.39. The molecule has 0 aromatic carbocycles. The highest BCUT2D eigenvalue weighted by Gasteiger charge is 2.34. The molecule has 1 aromatic rings. The zero-order valence-corrected chi connectivity index (χ0v) is 13.7. The molecule has 1 atom stereocenters. The Balaban J connectivity index is 2.40. The van der Waals surface area contributed by atoms with Crippen LogP contribution in [0.4, 0.5) is 4.79 Å². The maximum atomic E-state index is 12.2. The first-order valence-corrected chi connectivity index (χ1v) is 7.54. The van der Waals surface area contributed by atoms with Gasteiger partial charge in [0.1, 0.15) is 18.6 Å². The number of aliphatic hydroxyl groups is 1. The Morgan fingerprint density at radius 1 is 1.42 bits per heavy atom. The molecule has 24 heavy (non-hydrogen) atoms. The molecule has 1 amide bonds. The maximum absolute atomic E-state index is 12.2. The standard InChI is InChI=1S/C17H22N2O5/c1-3-4-11-23-16(22)24-13-17(2,12-20)15(21)19-10-8-14-7-5-6-9-18-14/h1,5-7,9,20H,4,8,10-13H2,2H3,(H,19,21). The van der Waals surface area contributed by atoms with E-state index in [1.165, 1.54) is 6.92 Å². The van der Waals surface area contributed by atoms with Gasteiger partial charge in [0.2, 0.25) is 5.91 Å². The lowest BCUT2D eigenvalue weighted by molar-refractivity contribution is -0.135. The summed E-state index contributed by atoms with van der Waals surface area (Å²) in [7, 11) is 0. The number of pyridine rings is 1. The average molecular weight is 334 g/mol. The highest BCUT2D eigenvalue weighted by atomic mass is 16.7. The normalized spacial score (nSPS) is 12.5. The maximum Gasteiger partial charge on any atom is 0.508 e. The predicted octanol–water partition coefficient (Wildman–Crippen LogP) is 0.915. The van der Waals surface area contributed by atoms with Gasteiger partial charge in [0.25, 0.3) is 0 Å². The fourth-order valence-corrected chi connectivity index (χ4v) is 1.70. The van der Waals surface area contributed by atoms with Crippen molar-refractivity contribution in [3.05, 3.63) is 30.1 Å². The molecule has 0 aliphatic rings. The molecule has 0 fully saturated rings. The van der Waals surface area contributed by atoms with Crippen molar-refractivity contribution in [2.24, 2.45) is 5.41 Å². The van der Waals surface area contributed by atoms with Crippen molar-refractivity contribution in [3.63, 3.8) is 0 Å². The molecular formula is C17H22N2O5. The number of carbonyl (C=O) groups excluding carboxylic acids is 2. The minimum Gasteiger partial charge on any atom is -0.433 e. The highest BCUT2D eigenvalue weighted by Crippen LogP contribution is 2.16. The van der Waals surface area contributed by atoms with Crippen molar-refractivity contribution in [3.8, 4) is 12.3 Å². The quantitative estimate of drug-likeness (QED) is 0.396. The predicted molar refractivity (Wildman–Crippen MR) is 86.9 cm³/mol. The Bertz CT molecular complexity index is 570. The fourth-order valence-electron chi connectivity index (χ4n) is 1.70.